The van der Waals surface area contributed by atoms with Crippen LogP contribution in [0.25, 0.3) is 0 Å². The molecule has 108 valence electrons. The first kappa shape index (κ1) is 17.3. The SMILES string of the molecule is CCC(CC)C(C)OC(=O)OC(C)C(CC)CC. The molecule has 0 aromatic heterocycles. The maximum atomic E-state index is 11.7. The average Bonchev–Trinajstić information content (AvgIpc) is 2.31. The topological polar surface area (TPSA) is 35.5 Å². The highest BCUT2D eigenvalue weighted by atomic mass is 16.7. The molecular formula is C15H30O3. The normalized spacial score (nSPS) is 14.7. The zero-order valence-corrected chi connectivity index (χ0v) is 12.9. The first-order chi connectivity index (χ1) is 8.49. The van der Waals surface area contributed by atoms with E-state index in [1.54, 1.807) is 0 Å². The lowest BCUT2D eigenvalue weighted by atomic mass is 9.98. The van der Waals surface area contributed by atoms with Gasteiger partial charge in [-0.05, 0) is 51.4 Å². The molecule has 2 atom stereocenters. The van der Waals surface area contributed by atoms with Gasteiger partial charge in [-0.2, -0.15) is 0 Å². The van der Waals surface area contributed by atoms with Gasteiger partial charge < -0.3 is 9.47 Å². The molecule has 0 aliphatic heterocycles. The highest BCUT2D eigenvalue weighted by molar-refractivity contribution is 5.60. The summed E-state index contributed by atoms with van der Waals surface area (Å²) in [5.74, 6) is 0.835. The minimum atomic E-state index is -0.520. The summed E-state index contributed by atoms with van der Waals surface area (Å²) in [6.07, 6.45) is 3.43. The molecule has 0 aliphatic carbocycles. The van der Waals surface area contributed by atoms with E-state index in [1.807, 2.05) is 13.8 Å². The Balaban J connectivity index is 4.17. The van der Waals surface area contributed by atoms with Gasteiger partial charge in [-0.15, -0.1) is 0 Å². The Hall–Kier alpha value is -0.730. The van der Waals surface area contributed by atoms with Crippen LogP contribution >= 0.6 is 0 Å². The maximum Gasteiger partial charge on any atom is 0.508 e. The molecular weight excluding hydrogens is 228 g/mol. The quantitative estimate of drug-likeness (QED) is 0.587. The summed E-state index contributed by atoms with van der Waals surface area (Å²) < 4.78 is 10.7. The first-order valence-electron chi connectivity index (χ1n) is 7.37. The summed E-state index contributed by atoms with van der Waals surface area (Å²) >= 11 is 0. The van der Waals surface area contributed by atoms with Crippen LogP contribution in [0.5, 0.6) is 0 Å². The lowest BCUT2D eigenvalue weighted by Gasteiger charge is -2.24. The molecule has 0 spiro atoms. The Morgan fingerprint density at radius 3 is 1.28 bits per heavy atom. The van der Waals surface area contributed by atoms with Gasteiger partial charge in [0.05, 0.1) is 0 Å². The second-order valence-electron chi connectivity index (χ2n) is 5.05. The monoisotopic (exact) mass is 258 g/mol. The molecule has 2 unspecified atom stereocenters. The fourth-order valence-electron chi connectivity index (χ4n) is 2.43. The van der Waals surface area contributed by atoms with E-state index in [0.717, 1.165) is 25.7 Å². The second kappa shape index (κ2) is 9.23. The van der Waals surface area contributed by atoms with Crippen molar-refractivity contribution in [3.05, 3.63) is 0 Å². The van der Waals surface area contributed by atoms with Crippen molar-refractivity contribution >= 4 is 6.16 Å². The molecule has 0 rings (SSSR count). The summed E-state index contributed by atoms with van der Waals surface area (Å²) in [4.78, 5) is 11.7. The Morgan fingerprint density at radius 1 is 0.778 bits per heavy atom. The van der Waals surface area contributed by atoms with Crippen molar-refractivity contribution in [2.24, 2.45) is 11.8 Å². The minimum Gasteiger partial charge on any atom is -0.431 e. The largest absolute Gasteiger partial charge is 0.508 e. The van der Waals surface area contributed by atoms with Gasteiger partial charge >= 0.3 is 6.16 Å². The molecule has 0 aromatic carbocycles. The highest BCUT2D eigenvalue weighted by Crippen LogP contribution is 2.19. The van der Waals surface area contributed by atoms with E-state index in [-0.39, 0.29) is 12.2 Å². The Labute approximate surface area is 112 Å². The minimum absolute atomic E-state index is 0.0681. The lowest BCUT2D eigenvalue weighted by Crippen LogP contribution is -2.28. The Bertz CT molecular complexity index is 198. The number of rotatable bonds is 8. The highest BCUT2D eigenvalue weighted by Gasteiger charge is 2.22. The van der Waals surface area contributed by atoms with Crippen LogP contribution in [0.15, 0.2) is 0 Å². The molecule has 0 aromatic rings. The van der Waals surface area contributed by atoms with Crippen LogP contribution in [0, 0.1) is 11.8 Å². The van der Waals surface area contributed by atoms with Gasteiger partial charge in [-0.25, -0.2) is 4.79 Å². The van der Waals surface area contributed by atoms with Crippen molar-refractivity contribution in [3.63, 3.8) is 0 Å². The Kier molecular flexibility index (Phi) is 8.86. The smallest absolute Gasteiger partial charge is 0.431 e. The third-order valence-corrected chi connectivity index (χ3v) is 3.99. The van der Waals surface area contributed by atoms with Crippen LogP contribution in [0.2, 0.25) is 0 Å². The molecule has 0 saturated carbocycles. The van der Waals surface area contributed by atoms with Gasteiger partial charge in [0.1, 0.15) is 12.2 Å². The molecule has 0 N–H and O–H groups in total. The first-order valence-corrected chi connectivity index (χ1v) is 7.37. The van der Waals surface area contributed by atoms with Crippen molar-refractivity contribution in [2.75, 3.05) is 0 Å². The fourth-order valence-corrected chi connectivity index (χ4v) is 2.43. The number of carbonyl (C=O) groups excluding carboxylic acids is 1. The van der Waals surface area contributed by atoms with Crippen LogP contribution in [0.1, 0.15) is 67.2 Å². The second-order valence-corrected chi connectivity index (χ2v) is 5.05. The molecule has 0 bridgehead atoms. The maximum absolute atomic E-state index is 11.7. The average molecular weight is 258 g/mol. The van der Waals surface area contributed by atoms with E-state index < -0.39 is 6.16 Å². The van der Waals surface area contributed by atoms with E-state index >= 15 is 0 Å². The predicted octanol–water partition coefficient (Wildman–Crippen LogP) is 4.79. The van der Waals surface area contributed by atoms with Gasteiger partial charge in [-0.3, -0.25) is 0 Å². The van der Waals surface area contributed by atoms with E-state index in [0.29, 0.717) is 11.8 Å². The van der Waals surface area contributed by atoms with Gasteiger partial charge in [-0.1, -0.05) is 27.7 Å². The number of ether oxygens (including phenoxy) is 2. The number of hydrogen-bond acceptors (Lipinski definition) is 3. The molecule has 3 nitrogen and oxygen atoms in total. The van der Waals surface area contributed by atoms with Crippen molar-refractivity contribution in [3.8, 4) is 0 Å². The summed E-state index contributed by atoms with van der Waals surface area (Å²) in [6.45, 7) is 12.4. The van der Waals surface area contributed by atoms with E-state index in [2.05, 4.69) is 27.7 Å². The standard InChI is InChI=1S/C15H30O3/c1-7-13(8-2)11(5)17-15(16)18-12(6)14(9-3)10-4/h11-14H,7-10H2,1-6H3. The van der Waals surface area contributed by atoms with Crippen molar-refractivity contribution in [2.45, 2.75) is 79.4 Å². The molecule has 3 heteroatoms. The zero-order valence-electron chi connectivity index (χ0n) is 12.9. The molecule has 0 aliphatic rings. The zero-order chi connectivity index (χ0) is 14.1. The molecule has 18 heavy (non-hydrogen) atoms. The van der Waals surface area contributed by atoms with Gasteiger partial charge in [0, 0.05) is 0 Å². The van der Waals surface area contributed by atoms with Gasteiger partial charge in [0.25, 0.3) is 0 Å². The van der Waals surface area contributed by atoms with Crippen molar-refractivity contribution < 1.29 is 14.3 Å². The lowest BCUT2D eigenvalue weighted by molar-refractivity contribution is -0.0235. The Morgan fingerprint density at radius 2 is 1.06 bits per heavy atom. The molecule has 0 heterocycles. The summed E-state index contributed by atoms with van der Waals surface area (Å²) in [7, 11) is 0. The van der Waals surface area contributed by atoms with E-state index in [1.165, 1.54) is 0 Å². The third-order valence-electron chi connectivity index (χ3n) is 3.99. The van der Waals surface area contributed by atoms with E-state index in [4.69, 9.17) is 9.47 Å². The van der Waals surface area contributed by atoms with Crippen LogP contribution in [-0.4, -0.2) is 18.4 Å². The van der Waals surface area contributed by atoms with Gasteiger partial charge in [0.15, 0.2) is 0 Å². The molecule has 0 fully saturated rings. The van der Waals surface area contributed by atoms with Crippen molar-refractivity contribution in [1.29, 1.82) is 0 Å². The molecule has 0 radical (unpaired) electrons. The summed E-state index contributed by atoms with van der Waals surface area (Å²) in [5, 5.41) is 0. The fraction of sp³-hybridized carbons (Fsp3) is 0.933. The number of carbonyl (C=O) groups is 1. The van der Waals surface area contributed by atoms with E-state index in [9.17, 15) is 4.79 Å². The summed E-state index contributed by atoms with van der Waals surface area (Å²) in [5.41, 5.74) is 0. The predicted molar refractivity (Wildman–Crippen MR) is 74.6 cm³/mol. The molecule has 0 amide bonds. The third kappa shape index (κ3) is 5.74. The van der Waals surface area contributed by atoms with Gasteiger partial charge in [0.2, 0.25) is 0 Å². The number of hydrogen-bond donors (Lipinski definition) is 0. The van der Waals surface area contributed by atoms with Crippen LogP contribution < -0.4 is 0 Å². The van der Waals surface area contributed by atoms with Crippen molar-refractivity contribution in [1.82, 2.24) is 0 Å². The van der Waals surface area contributed by atoms with Crippen LogP contribution in [0.3, 0.4) is 0 Å². The van der Waals surface area contributed by atoms with Crippen LogP contribution in [-0.2, 0) is 9.47 Å². The molecule has 0 saturated heterocycles. The summed E-state index contributed by atoms with van der Waals surface area (Å²) in [6, 6.07) is 0. The van der Waals surface area contributed by atoms with Crippen LogP contribution in [0.4, 0.5) is 4.79 Å².